The fraction of sp³-hybridized carbons (Fsp3) is 0.500. The Balaban J connectivity index is 2.95. The van der Waals surface area contributed by atoms with Crippen molar-refractivity contribution in [3.05, 3.63) is 22.2 Å². The van der Waals surface area contributed by atoms with Gasteiger partial charge >= 0.3 is 0 Å². The number of ether oxygens (including phenoxy) is 2. The van der Waals surface area contributed by atoms with E-state index in [9.17, 15) is 5.11 Å². The minimum atomic E-state index is -0.292. The molecule has 1 rings (SSSR count). The van der Waals surface area contributed by atoms with Crippen molar-refractivity contribution in [1.29, 1.82) is 0 Å². The summed E-state index contributed by atoms with van der Waals surface area (Å²) in [5, 5.41) is 9.26. The maximum Gasteiger partial charge on any atom is 0.175 e. The zero-order valence-electron chi connectivity index (χ0n) is 9.79. The van der Waals surface area contributed by atoms with Crippen molar-refractivity contribution in [3.8, 4) is 11.5 Å². The molecule has 0 saturated carbocycles. The van der Waals surface area contributed by atoms with Gasteiger partial charge in [-0.25, -0.2) is 0 Å². The van der Waals surface area contributed by atoms with Crippen LogP contribution in [0.4, 0.5) is 0 Å². The quantitative estimate of drug-likeness (QED) is 0.906. The Morgan fingerprint density at radius 2 is 2.00 bits per heavy atom. The van der Waals surface area contributed by atoms with E-state index in [1.807, 2.05) is 12.1 Å². The van der Waals surface area contributed by atoms with Crippen LogP contribution in [-0.4, -0.2) is 25.4 Å². The number of aliphatic hydroxyl groups excluding tert-OH is 1. The van der Waals surface area contributed by atoms with Gasteiger partial charge in [0.2, 0.25) is 0 Å². The molecular formula is C12H17BrO3. The highest BCUT2D eigenvalue weighted by molar-refractivity contribution is 9.10. The van der Waals surface area contributed by atoms with Crippen LogP contribution in [0.5, 0.6) is 11.5 Å². The Morgan fingerprint density at radius 1 is 1.31 bits per heavy atom. The number of methoxy groups -OCH3 is 2. The Bertz CT molecular complexity index is 350. The first-order valence-electron chi connectivity index (χ1n) is 5.17. The maximum atomic E-state index is 9.26. The summed E-state index contributed by atoms with van der Waals surface area (Å²) < 4.78 is 11.4. The van der Waals surface area contributed by atoms with E-state index < -0.39 is 0 Å². The van der Waals surface area contributed by atoms with Crippen molar-refractivity contribution in [2.75, 3.05) is 14.2 Å². The van der Waals surface area contributed by atoms with Crippen LogP contribution in [0.1, 0.15) is 18.9 Å². The second-order valence-corrected chi connectivity index (χ2v) is 4.45. The topological polar surface area (TPSA) is 38.7 Å². The summed E-state index contributed by atoms with van der Waals surface area (Å²) in [6.45, 7) is 1.79. The number of halogens is 1. The molecular weight excluding hydrogens is 272 g/mol. The van der Waals surface area contributed by atoms with Crippen molar-refractivity contribution in [1.82, 2.24) is 0 Å². The zero-order valence-corrected chi connectivity index (χ0v) is 11.4. The second-order valence-electron chi connectivity index (χ2n) is 3.66. The maximum absolute atomic E-state index is 9.26. The highest BCUT2D eigenvalue weighted by atomic mass is 79.9. The summed E-state index contributed by atoms with van der Waals surface area (Å²) in [5.74, 6) is 1.40. The van der Waals surface area contributed by atoms with E-state index in [4.69, 9.17) is 9.47 Å². The monoisotopic (exact) mass is 288 g/mol. The molecule has 4 heteroatoms. The normalized spacial score (nSPS) is 12.3. The number of aryl methyl sites for hydroxylation is 1. The smallest absolute Gasteiger partial charge is 0.175 e. The van der Waals surface area contributed by atoms with E-state index in [1.165, 1.54) is 0 Å². The molecule has 0 heterocycles. The van der Waals surface area contributed by atoms with Gasteiger partial charge in [0.05, 0.1) is 24.8 Å². The first-order chi connectivity index (χ1) is 7.60. The molecule has 0 radical (unpaired) electrons. The van der Waals surface area contributed by atoms with Crippen LogP contribution in [0.25, 0.3) is 0 Å². The van der Waals surface area contributed by atoms with Gasteiger partial charge in [0.15, 0.2) is 11.5 Å². The van der Waals surface area contributed by atoms with Crippen molar-refractivity contribution in [2.24, 2.45) is 0 Å². The molecule has 1 unspecified atom stereocenters. The summed E-state index contributed by atoms with van der Waals surface area (Å²) in [4.78, 5) is 0. The van der Waals surface area contributed by atoms with E-state index in [0.29, 0.717) is 11.5 Å². The molecule has 0 aliphatic heterocycles. The van der Waals surface area contributed by atoms with Crippen LogP contribution in [0.3, 0.4) is 0 Å². The largest absolute Gasteiger partial charge is 0.493 e. The van der Waals surface area contributed by atoms with Crippen LogP contribution in [0.15, 0.2) is 16.6 Å². The van der Waals surface area contributed by atoms with Crippen LogP contribution in [0.2, 0.25) is 0 Å². The molecule has 0 aliphatic carbocycles. The number of benzene rings is 1. The van der Waals surface area contributed by atoms with Gasteiger partial charge in [-0.1, -0.05) is 6.07 Å². The van der Waals surface area contributed by atoms with Gasteiger partial charge in [-0.15, -0.1) is 0 Å². The number of hydrogen-bond donors (Lipinski definition) is 1. The molecule has 0 aromatic heterocycles. The summed E-state index contributed by atoms with van der Waals surface area (Å²) in [5.41, 5.74) is 1.11. The summed E-state index contributed by atoms with van der Waals surface area (Å²) in [6, 6.07) is 3.86. The van der Waals surface area contributed by atoms with Gasteiger partial charge in [0, 0.05) is 0 Å². The Labute approximate surface area is 105 Å². The van der Waals surface area contributed by atoms with Gasteiger partial charge < -0.3 is 14.6 Å². The second kappa shape index (κ2) is 6.11. The third-order valence-corrected chi connectivity index (χ3v) is 3.27. The molecule has 16 heavy (non-hydrogen) atoms. The van der Waals surface area contributed by atoms with Crippen molar-refractivity contribution in [2.45, 2.75) is 25.9 Å². The van der Waals surface area contributed by atoms with Gasteiger partial charge in [-0.2, -0.15) is 0 Å². The average Bonchev–Trinajstić information content (AvgIpc) is 2.26. The molecule has 0 fully saturated rings. The van der Waals surface area contributed by atoms with E-state index in [0.717, 1.165) is 22.9 Å². The molecule has 1 aromatic rings. The summed E-state index contributed by atoms with van der Waals surface area (Å²) >= 11 is 3.50. The van der Waals surface area contributed by atoms with E-state index in [-0.39, 0.29) is 6.10 Å². The third-order valence-electron chi connectivity index (χ3n) is 2.40. The molecule has 90 valence electrons. The fourth-order valence-corrected chi connectivity index (χ4v) is 2.18. The highest BCUT2D eigenvalue weighted by Crippen LogP contribution is 2.37. The summed E-state index contributed by atoms with van der Waals surface area (Å²) in [6.07, 6.45) is 1.24. The van der Waals surface area contributed by atoms with Crippen LogP contribution in [-0.2, 0) is 6.42 Å². The molecule has 1 atom stereocenters. The van der Waals surface area contributed by atoms with Crippen LogP contribution < -0.4 is 9.47 Å². The minimum Gasteiger partial charge on any atom is -0.493 e. The lowest BCUT2D eigenvalue weighted by molar-refractivity contribution is 0.185. The Morgan fingerprint density at radius 3 is 2.50 bits per heavy atom. The highest BCUT2D eigenvalue weighted by Gasteiger charge is 2.12. The van der Waals surface area contributed by atoms with E-state index >= 15 is 0 Å². The molecule has 0 aliphatic rings. The predicted octanol–water partition coefficient (Wildman–Crippen LogP) is 2.78. The third kappa shape index (κ3) is 3.12. The fourth-order valence-electron chi connectivity index (χ4n) is 1.49. The predicted molar refractivity (Wildman–Crippen MR) is 67.2 cm³/mol. The first-order valence-corrected chi connectivity index (χ1v) is 5.96. The molecule has 0 spiro atoms. The van der Waals surface area contributed by atoms with E-state index in [2.05, 4.69) is 15.9 Å². The Kier molecular flexibility index (Phi) is 5.09. The number of hydrogen-bond acceptors (Lipinski definition) is 3. The molecule has 0 bridgehead atoms. The van der Waals surface area contributed by atoms with Gasteiger partial charge in [-0.3, -0.25) is 0 Å². The van der Waals surface area contributed by atoms with Gasteiger partial charge in [0.25, 0.3) is 0 Å². The van der Waals surface area contributed by atoms with Crippen molar-refractivity contribution >= 4 is 15.9 Å². The Hall–Kier alpha value is -0.740. The number of rotatable bonds is 5. The van der Waals surface area contributed by atoms with E-state index in [1.54, 1.807) is 21.1 Å². The molecule has 1 N–H and O–H groups in total. The van der Waals surface area contributed by atoms with Gasteiger partial charge in [-0.05, 0) is 47.3 Å². The number of aliphatic hydroxyl groups is 1. The lowest BCUT2D eigenvalue weighted by atomic mass is 10.1. The molecule has 3 nitrogen and oxygen atoms in total. The van der Waals surface area contributed by atoms with Gasteiger partial charge in [0.1, 0.15) is 0 Å². The molecule has 1 aromatic carbocycles. The minimum absolute atomic E-state index is 0.292. The zero-order chi connectivity index (χ0) is 12.1. The van der Waals surface area contributed by atoms with Crippen molar-refractivity contribution in [3.63, 3.8) is 0 Å². The standard InChI is InChI=1S/C12H17BrO3/c1-8(14)4-5-9-6-7-10(15-2)12(16-3)11(9)13/h6-8,14H,4-5H2,1-3H3. The van der Waals surface area contributed by atoms with Crippen LogP contribution >= 0.6 is 15.9 Å². The summed E-state index contributed by atoms with van der Waals surface area (Å²) in [7, 11) is 3.22. The molecule has 0 saturated heterocycles. The first kappa shape index (κ1) is 13.3. The lowest BCUT2D eigenvalue weighted by Crippen LogP contribution is -2.02. The SMILES string of the molecule is COc1ccc(CCC(C)O)c(Br)c1OC. The molecule has 0 amide bonds. The van der Waals surface area contributed by atoms with Crippen LogP contribution in [0, 0.1) is 0 Å². The average molecular weight is 289 g/mol. The van der Waals surface area contributed by atoms with Crippen molar-refractivity contribution < 1.29 is 14.6 Å². The lowest BCUT2D eigenvalue weighted by Gasteiger charge is -2.13.